The molecule has 0 aliphatic heterocycles. The molecule has 5 N–H and O–H groups in total. The zero-order valence-electron chi connectivity index (χ0n) is 9.72. The number of aromatic hydroxyl groups is 1. The molecular formula is C11H14BrN3O3. The number of rotatable bonds is 4. The lowest BCUT2D eigenvalue weighted by Gasteiger charge is -2.13. The Morgan fingerprint density at radius 2 is 2.28 bits per heavy atom. The SMILES string of the molecule is CC(C/C(N)=N/O)NC(=O)c1ccc(Br)c(O)c1. The van der Waals surface area contributed by atoms with Gasteiger partial charge < -0.3 is 21.4 Å². The van der Waals surface area contributed by atoms with E-state index in [4.69, 9.17) is 10.9 Å². The second-order valence-electron chi connectivity index (χ2n) is 3.84. The number of amides is 1. The predicted octanol–water partition coefficient (Wildman–Crippen LogP) is 1.41. The molecular weight excluding hydrogens is 302 g/mol. The van der Waals surface area contributed by atoms with Crippen molar-refractivity contribution in [3.05, 3.63) is 28.2 Å². The fourth-order valence-electron chi connectivity index (χ4n) is 1.37. The summed E-state index contributed by atoms with van der Waals surface area (Å²) in [6.07, 6.45) is 0.241. The van der Waals surface area contributed by atoms with Crippen molar-refractivity contribution in [1.29, 1.82) is 0 Å². The first-order valence-electron chi connectivity index (χ1n) is 5.19. The number of benzene rings is 1. The zero-order chi connectivity index (χ0) is 13.7. The van der Waals surface area contributed by atoms with Gasteiger partial charge in [-0.1, -0.05) is 5.16 Å². The van der Waals surface area contributed by atoms with Crippen molar-refractivity contribution >= 4 is 27.7 Å². The third kappa shape index (κ3) is 3.92. The van der Waals surface area contributed by atoms with Crippen LogP contribution in [0.5, 0.6) is 5.75 Å². The molecule has 0 bridgehead atoms. The molecule has 1 amide bonds. The van der Waals surface area contributed by atoms with Gasteiger partial charge in [0.15, 0.2) is 0 Å². The third-order valence-electron chi connectivity index (χ3n) is 2.23. The normalized spacial score (nSPS) is 13.1. The fraction of sp³-hybridized carbons (Fsp3) is 0.273. The summed E-state index contributed by atoms with van der Waals surface area (Å²) < 4.78 is 0.517. The number of phenols is 1. The number of hydrogen-bond donors (Lipinski definition) is 4. The van der Waals surface area contributed by atoms with E-state index in [9.17, 15) is 9.90 Å². The second kappa shape index (κ2) is 6.25. The van der Waals surface area contributed by atoms with Gasteiger partial charge in [0, 0.05) is 18.0 Å². The van der Waals surface area contributed by atoms with Gasteiger partial charge in [0.25, 0.3) is 5.91 Å². The van der Waals surface area contributed by atoms with E-state index in [1.807, 2.05) is 0 Å². The minimum atomic E-state index is -0.337. The van der Waals surface area contributed by atoms with E-state index in [2.05, 4.69) is 26.4 Å². The second-order valence-corrected chi connectivity index (χ2v) is 4.69. The minimum Gasteiger partial charge on any atom is -0.507 e. The maximum absolute atomic E-state index is 11.8. The van der Waals surface area contributed by atoms with Crippen LogP contribution < -0.4 is 11.1 Å². The molecule has 0 fully saturated rings. The van der Waals surface area contributed by atoms with Crippen molar-refractivity contribution in [3.8, 4) is 5.75 Å². The van der Waals surface area contributed by atoms with Crippen molar-refractivity contribution in [1.82, 2.24) is 5.32 Å². The van der Waals surface area contributed by atoms with Crippen molar-refractivity contribution in [2.75, 3.05) is 0 Å². The lowest BCUT2D eigenvalue weighted by molar-refractivity contribution is 0.0940. The van der Waals surface area contributed by atoms with Gasteiger partial charge in [-0.05, 0) is 41.1 Å². The first-order chi connectivity index (χ1) is 8.43. The monoisotopic (exact) mass is 315 g/mol. The number of nitrogens with zero attached hydrogens (tertiary/aromatic N) is 1. The number of phenolic OH excluding ortho intramolecular Hbond substituents is 1. The van der Waals surface area contributed by atoms with Gasteiger partial charge in [0.2, 0.25) is 0 Å². The predicted molar refractivity (Wildman–Crippen MR) is 70.8 cm³/mol. The van der Waals surface area contributed by atoms with E-state index in [0.717, 1.165) is 0 Å². The molecule has 1 atom stereocenters. The van der Waals surface area contributed by atoms with E-state index >= 15 is 0 Å². The molecule has 0 spiro atoms. The number of carbonyl (C=O) groups is 1. The summed E-state index contributed by atoms with van der Waals surface area (Å²) in [4.78, 5) is 11.8. The fourth-order valence-corrected chi connectivity index (χ4v) is 1.61. The molecule has 1 aromatic carbocycles. The molecule has 0 saturated carbocycles. The molecule has 1 aromatic rings. The Kier molecular flexibility index (Phi) is 4.96. The zero-order valence-corrected chi connectivity index (χ0v) is 11.3. The highest BCUT2D eigenvalue weighted by molar-refractivity contribution is 9.10. The third-order valence-corrected chi connectivity index (χ3v) is 2.90. The number of nitrogens with one attached hydrogen (secondary N) is 1. The van der Waals surface area contributed by atoms with E-state index in [0.29, 0.717) is 10.0 Å². The van der Waals surface area contributed by atoms with Gasteiger partial charge in [-0.25, -0.2) is 0 Å². The summed E-state index contributed by atoms with van der Waals surface area (Å²) >= 11 is 3.13. The number of oxime groups is 1. The molecule has 1 unspecified atom stereocenters. The van der Waals surface area contributed by atoms with Crippen LogP contribution in [-0.2, 0) is 0 Å². The van der Waals surface area contributed by atoms with E-state index in [1.165, 1.54) is 6.07 Å². The van der Waals surface area contributed by atoms with Gasteiger partial charge in [-0.15, -0.1) is 0 Å². The molecule has 1 rings (SSSR count). The highest BCUT2D eigenvalue weighted by Crippen LogP contribution is 2.24. The van der Waals surface area contributed by atoms with Crippen LogP contribution in [0.1, 0.15) is 23.7 Å². The Balaban J connectivity index is 2.67. The highest BCUT2D eigenvalue weighted by Gasteiger charge is 2.12. The standard InChI is InChI=1S/C11H14BrN3O3/c1-6(4-10(13)15-18)14-11(17)7-2-3-8(12)9(16)5-7/h2-3,5-6,16,18H,4H2,1H3,(H2,13,15)(H,14,17). The Morgan fingerprint density at radius 3 is 2.83 bits per heavy atom. The summed E-state index contributed by atoms with van der Waals surface area (Å²) in [6, 6.07) is 4.24. The highest BCUT2D eigenvalue weighted by atomic mass is 79.9. The first kappa shape index (κ1) is 14.3. The summed E-state index contributed by atoms with van der Waals surface area (Å²) in [5.41, 5.74) is 5.67. The molecule has 0 aliphatic carbocycles. The molecule has 0 heterocycles. The van der Waals surface area contributed by atoms with Gasteiger partial charge >= 0.3 is 0 Å². The first-order valence-corrected chi connectivity index (χ1v) is 5.99. The summed E-state index contributed by atoms with van der Waals surface area (Å²) in [5.74, 6) is -0.302. The molecule has 98 valence electrons. The van der Waals surface area contributed by atoms with Crippen LogP contribution in [0.3, 0.4) is 0 Å². The van der Waals surface area contributed by atoms with Gasteiger partial charge in [0.05, 0.1) is 4.47 Å². The van der Waals surface area contributed by atoms with E-state index in [1.54, 1.807) is 19.1 Å². The average Bonchev–Trinajstić information content (AvgIpc) is 2.32. The molecule has 0 radical (unpaired) electrons. The largest absolute Gasteiger partial charge is 0.507 e. The molecule has 0 saturated heterocycles. The summed E-state index contributed by atoms with van der Waals surface area (Å²) in [5, 5.41) is 23.4. The van der Waals surface area contributed by atoms with Crippen molar-refractivity contribution in [2.24, 2.45) is 10.9 Å². The van der Waals surface area contributed by atoms with Crippen molar-refractivity contribution < 1.29 is 15.1 Å². The van der Waals surface area contributed by atoms with Crippen LogP contribution in [0.2, 0.25) is 0 Å². The molecule has 0 aliphatic rings. The number of nitrogens with two attached hydrogens (primary N) is 1. The number of hydrogen-bond acceptors (Lipinski definition) is 4. The lowest BCUT2D eigenvalue weighted by atomic mass is 10.1. The van der Waals surface area contributed by atoms with Gasteiger partial charge in [-0.3, -0.25) is 4.79 Å². The molecule has 7 heteroatoms. The van der Waals surface area contributed by atoms with Gasteiger partial charge in [0.1, 0.15) is 11.6 Å². The van der Waals surface area contributed by atoms with Crippen LogP contribution in [0.4, 0.5) is 0 Å². The van der Waals surface area contributed by atoms with Crippen molar-refractivity contribution in [2.45, 2.75) is 19.4 Å². The smallest absolute Gasteiger partial charge is 0.251 e. The van der Waals surface area contributed by atoms with Crippen molar-refractivity contribution in [3.63, 3.8) is 0 Å². The Labute approximate surface area is 113 Å². The van der Waals surface area contributed by atoms with E-state index < -0.39 is 0 Å². The van der Waals surface area contributed by atoms with Crippen LogP contribution in [0.15, 0.2) is 27.8 Å². The summed E-state index contributed by atoms with van der Waals surface area (Å²) in [7, 11) is 0. The van der Waals surface area contributed by atoms with Crippen LogP contribution >= 0.6 is 15.9 Å². The molecule has 6 nitrogen and oxygen atoms in total. The number of carbonyl (C=O) groups excluding carboxylic acids is 1. The maximum Gasteiger partial charge on any atom is 0.251 e. The Morgan fingerprint density at radius 1 is 1.61 bits per heavy atom. The topological polar surface area (TPSA) is 108 Å². The Hall–Kier alpha value is -1.76. The molecule has 0 aromatic heterocycles. The Bertz CT molecular complexity index is 477. The maximum atomic E-state index is 11.8. The van der Waals surface area contributed by atoms with Crippen LogP contribution in [-0.4, -0.2) is 28.1 Å². The summed E-state index contributed by atoms with van der Waals surface area (Å²) in [6.45, 7) is 1.73. The lowest BCUT2D eigenvalue weighted by Crippen LogP contribution is -2.35. The van der Waals surface area contributed by atoms with Crippen LogP contribution in [0.25, 0.3) is 0 Å². The average molecular weight is 316 g/mol. The van der Waals surface area contributed by atoms with E-state index in [-0.39, 0.29) is 30.0 Å². The number of amidine groups is 1. The van der Waals surface area contributed by atoms with Crippen LogP contribution in [0, 0.1) is 0 Å². The van der Waals surface area contributed by atoms with Gasteiger partial charge in [-0.2, -0.15) is 0 Å². The number of halogens is 1. The quantitative estimate of drug-likeness (QED) is 0.291. The molecule has 18 heavy (non-hydrogen) atoms. The minimum absolute atomic E-state index is 0.00765.